The molecule has 0 radical (unpaired) electrons. The van der Waals surface area contributed by atoms with Gasteiger partial charge in [0.15, 0.2) is 0 Å². The molecule has 0 unspecified atom stereocenters. The first-order valence-corrected chi connectivity index (χ1v) is 2.03. The van der Waals surface area contributed by atoms with Crippen molar-refractivity contribution in [1.82, 2.24) is 4.98 Å². The van der Waals surface area contributed by atoms with Crippen molar-refractivity contribution in [3.8, 4) is 0 Å². The van der Waals surface area contributed by atoms with E-state index < -0.39 is 0 Å². The van der Waals surface area contributed by atoms with Crippen LogP contribution in [-0.4, -0.2) is 10.5 Å². The molecule has 1 aromatic heterocycles. The number of rotatable bonds is 0. The lowest BCUT2D eigenvalue weighted by Gasteiger charge is -1.73. The summed E-state index contributed by atoms with van der Waals surface area (Å²) in [5.41, 5.74) is -0.0532. The van der Waals surface area contributed by atoms with Gasteiger partial charge < -0.3 is 10.5 Å². The van der Waals surface area contributed by atoms with Crippen LogP contribution in [0.3, 0.4) is 0 Å². The Morgan fingerprint density at radius 1 is 1.00 bits per heavy atom. The van der Waals surface area contributed by atoms with Gasteiger partial charge in [-0.15, -0.1) is 49.6 Å². The minimum atomic E-state index is -0.0532. The molecule has 0 amide bonds. The smallest absolute Gasteiger partial charge is 0.247 e. The highest BCUT2D eigenvalue weighted by molar-refractivity contribution is 5.86. The van der Waals surface area contributed by atoms with Crippen LogP contribution in [0.4, 0.5) is 0 Å². The molecular weight excluding hydrogens is 248 g/mol. The van der Waals surface area contributed by atoms with E-state index in [2.05, 4.69) is 4.98 Å². The third kappa shape index (κ3) is 12.7. The van der Waals surface area contributed by atoms with Gasteiger partial charge >= 0.3 is 0 Å². The molecule has 1 heterocycles. The fourth-order valence-electron chi connectivity index (χ4n) is 0.377. The third-order valence-corrected chi connectivity index (χ3v) is 0.681. The Morgan fingerprint density at radius 3 is 1.67 bits per heavy atom. The van der Waals surface area contributed by atoms with Crippen molar-refractivity contribution < 1.29 is 5.48 Å². The molecule has 0 saturated heterocycles. The van der Waals surface area contributed by atoms with Crippen LogP contribution in [0.15, 0.2) is 29.2 Å². The Labute approximate surface area is 94.9 Å². The van der Waals surface area contributed by atoms with Gasteiger partial charge in [0.1, 0.15) is 0 Å². The third-order valence-electron chi connectivity index (χ3n) is 0.681. The van der Waals surface area contributed by atoms with Crippen molar-refractivity contribution in [2.24, 2.45) is 0 Å². The maximum atomic E-state index is 10.2. The Kier molecular flexibility index (Phi) is 42.5. The second-order valence-corrected chi connectivity index (χ2v) is 1.23. The standard InChI is InChI=1S/C5H5NO.4ClH.H2O/c7-5-3-1-2-4-6-5;;;;;/h1-4H,(H,6,7);4*1H;1H2. The van der Waals surface area contributed by atoms with Crippen LogP contribution in [0.2, 0.25) is 0 Å². The van der Waals surface area contributed by atoms with Crippen molar-refractivity contribution >= 4 is 49.6 Å². The molecule has 0 aliphatic rings. The average molecular weight is 259 g/mol. The number of nitrogens with one attached hydrogen (secondary N) is 1. The maximum absolute atomic E-state index is 10.2. The first-order valence-electron chi connectivity index (χ1n) is 2.03. The van der Waals surface area contributed by atoms with Gasteiger partial charge in [-0.05, 0) is 6.07 Å². The Morgan fingerprint density at radius 2 is 1.50 bits per heavy atom. The zero-order valence-corrected chi connectivity index (χ0v) is 9.12. The molecule has 1 rings (SSSR count). The van der Waals surface area contributed by atoms with Crippen LogP contribution >= 0.6 is 49.6 Å². The Bertz CT molecular complexity index is 187. The molecule has 3 nitrogen and oxygen atoms in total. The molecule has 0 aromatic carbocycles. The molecule has 0 fully saturated rings. The van der Waals surface area contributed by atoms with Gasteiger partial charge in [-0.3, -0.25) is 4.79 Å². The molecule has 0 bridgehead atoms. The molecule has 0 aliphatic heterocycles. The summed E-state index contributed by atoms with van der Waals surface area (Å²) in [6.45, 7) is 0. The van der Waals surface area contributed by atoms with Crippen LogP contribution in [0.25, 0.3) is 0 Å². The molecule has 0 spiro atoms. The monoisotopic (exact) mass is 257 g/mol. The molecule has 12 heavy (non-hydrogen) atoms. The van der Waals surface area contributed by atoms with Crippen LogP contribution in [0.5, 0.6) is 0 Å². The fraction of sp³-hybridized carbons (Fsp3) is 0. The minimum Gasteiger partial charge on any atom is -0.412 e. The molecule has 76 valence electrons. The average Bonchev–Trinajstić information content (AvgIpc) is 1.69. The highest BCUT2D eigenvalue weighted by Gasteiger charge is 1.69. The van der Waals surface area contributed by atoms with Gasteiger partial charge in [-0.1, -0.05) is 6.07 Å². The molecular formula is C5H11Cl4NO2. The van der Waals surface area contributed by atoms with E-state index in [0.717, 1.165) is 0 Å². The fourth-order valence-corrected chi connectivity index (χ4v) is 0.377. The van der Waals surface area contributed by atoms with Crippen molar-refractivity contribution in [1.29, 1.82) is 0 Å². The van der Waals surface area contributed by atoms with E-state index in [9.17, 15) is 4.79 Å². The number of hydrogen-bond acceptors (Lipinski definition) is 1. The second kappa shape index (κ2) is 17.2. The zero-order chi connectivity index (χ0) is 5.11. The van der Waals surface area contributed by atoms with Crippen LogP contribution in [0.1, 0.15) is 0 Å². The van der Waals surface area contributed by atoms with Gasteiger partial charge in [0.05, 0.1) is 0 Å². The lowest BCUT2D eigenvalue weighted by Crippen LogP contribution is -1.98. The van der Waals surface area contributed by atoms with Gasteiger partial charge in [-0.2, -0.15) is 0 Å². The summed E-state index contributed by atoms with van der Waals surface area (Å²) in [6.07, 6.45) is 1.60. The quantitative estimate of drug-likeness (QED) is 0.748. The van der Waals surface area contributed by atoms with Crippen molar-refractivity contribution in [3.63, 3.8) is 0 Å². The predicted octanol–water partition coefficient (Wildman–Crippen LogP) is 1.24. The van der Waals surface area contributed by atoms with Crippen molar-refractivity contribution in [3.05, 3.63) is 34.7 Å². The first kappa shape index (κ1) is 29.6. The van der Waals surface area contributed by atoms with E-state index >= 15 is 0 Å². The molecule has 3 N–H and O–H groups in total. The Balaban J connectivity index is -0.0000000327. The van der Waals surface area contributed by atoms with Crippen molar-refractivity contribution in [2.45, 2.75) is 0 Å². The molecule has 7 heteroatoms. The van der Waals surface area contributed by atoms with E-state index in [1.165, 1.54) is 6.07 Å². The molecule has 0 saturated carbocycles. The predicted molar refractivity (Wildman–Crippen MR) is 59.7 cm³/mol. The summed E-state index contributed by atoms with van der Waals surface area (Å²) in [6, 6.07) is 4.93. The number of H-pyrrole nitrogens is 1. The van der Waals surface area contributed by atoms with Gasteiger partial charge in [0.2, 0.25) is 5.56 Å². The topological polar surface area (TPSA) is 64.4 Å². The van der Waals surface area contributed by atoms with Crippen LogP contribution < -0.4 is 5.56 Å². The molecule has 0 atom stereocenters. The molecule has 0 aliphatic carbocycles. The second-order valence-electron chi connectivity index (χ2n) is 1.23. The summed E-state index contributed by atoms with van der Waals surface area (Å²) < 4.78 is 0. The maximum Gasteiger partial charge on any atom is 0.247 e. The van der Waals surface area contributed by atoms with E-state index in [1.807, 2.05) is 0 Å². The van der Waals surface area contributed by atoms with Crippen molar-refractivity contribution in [2.75, 3.05) is 0 Å². The number of aromatic nitrogens is 1. The summed E-state index contributed by atoms with van der Waals surface area (Å²) in [4.78, 5) is 12.7. The number of pyridine rings is 1. The highest BCUT2D eigenvalue weighted by Crippen LogP contribution is 1.67. The van der Waals surface area contributed by atoms with Crippen LogP contribution in [-0.2, 0) is 0 Å². The number of halogens is 4. The largest absolute Gasteiger partial charge is 0.412 e. The van der Waals surface area contributed by atoms with E-state index in [1.54, 1.807) is 18.3 Å². The lowest BCUT2D eigenvalue weighted by molar-refractivity contribution is 0.824. The minimum absolute atomic E-state index is 0. The van der Waals surface area contributed by atoms with Gasteiger partial charge in [0.25, 0.3) is 0 Å². The van der Waals surface area contributed by atoms with E-state index in [-0.39, 0.29) is 60.7 Å². The summed E-state index contributed by atoms with van der Waals surface area (Å²) in [5, 5.41) is 0. The SMILES string of the molecule is Cl.Cl.Cl.Cl.O.O=c1cccc[nH]1. The highest BCUT2D eigenvalue weighted by atomic mass is 35.5. The van der Waals surface area contributed by atoms with E-state index in [4.69, 9.17) is 0 Å². The zero-order valence-electron chi connectivity index (χ0n) is 5.85. The van der Waals surface area contributed by atoms with Gasteiger partial charge in [-0.25, -0.2) is 0 Å². The summed E-state index contributed by atoms with van der Waals surface area (Å²) >= 11 is 0. The first-order chi connectivity index (χ1) is 3.39. The number of hydrogen-bond donors (Lipinski definition) is 1. The van der Waals surface area contributed by atoms with E-state index in [0.29, 0.717) is 0 Å². The lowest BCUT2D eigenvalue weighted by atomic mass is 10.5. The summed E-state index contributed by atoms with van der Waals surface area (Å²) in [5.74, 6) is 0. The number of aromatic amines is 1. The Hall–Kier alpha value is 0.0700. The summed E-state index contributed by atoms with van der Waals surface area (Å²) in [7, 11) is 0. The van der Waals surface area contributed by atoms with Crippen LogP contribution in [0, 0.1) is 0 Å². The van der Waals surface area contributed by atoms with Gasteiger partial charge in [0, 0.05) is 12.3 Å². The normalized spacial score (nSPS) is 5.00. The molecule has 1 aromatic rings.